The minimum Gasteiger partial charge on any atom is -0.465 e. The Labute approximate surface area is 118 Å². The van der Waals surface area contributed by atoms with Crippen LogP contribution in [0.5, 0.6) is 0 Å². The first-order valence-corrected chi connectivity index (χ1v) is 6.44. The van der Waals surface area contributed by atoms with Crippen molar-refractivity contribution in [2.45, 2.75) is 32.7 Å². The van der Waals surface area contributed by atoms with E-state index in [9.17, 15) is 9.90 Å². The van der Waals surface area contributed by atoms with Gasteiger partial charge in [-0.15, -0.1) is 0 Å². The molecule has 0 saturated heterocycles. The van der Waals surface area contributed by atoms with Gasteiger partial charge in [-0.05, 0) is 29.5 Å². The lowest BCUT2D eigenvalue weighted by atomic mass is 9.70. The van der Waals surface area contributed by atoms with E-state index in [0.717, 1.165) is 5.56 Å². The maximum atomic E-state index is 11.0. The highest BCUT2D eigenvalue weighted by molar-refractivity contribution is 6.30. The van der Waals surface area contributed by atoms with Crippen molar-refractivity contribution in [1.29, 1.82) is 0 Å². The van der Waals surface area contributed by atoms with Crippen LogP contribution in [0.1, 0.15) is 26.3 Å². The Bertz CT molecular complexity index is 456. The standard InChI is InChI=1S/C14H20ClNO3/c1-13(2,3)14(9-17,16-12(18)19)8-10-5-4-6-11(15)7-10/h4-7,16-17H,8-9H2,1-3H3,(H,18,19)/t14-/m1/s1. The second-order valence-corrected chi connectivity index (χ2v) is 6.16. The molecule has 0 saturated carbocycles. The number of aliphatic hydroxyl groups excluding tert-OH is 1. The minimum atomic E-state index is -1.15. The van der Waals surface area contributed by atoms with Crippen LogP contribution in [0.2, 0.25) is 5.02 Å². The zero-order valence-corrected chi connectivity index (χ0v) is 12.2. The van der Waals surface area contributed by atoms with Crippen molar-refractivity contribution in [3.8, 4) is 0 Å². The van der Waals surface area contributed by atoms with E-state index in [1.807, 2.05) is 32.9 Å². The highest BCUT2D eigenvalue weighted by Crippen LogP contribution is 2.33. The number of carbonyl (C=O) groups is 1. The average molecular weight is 286 g/mol. The fourth-order valence-corrected chi connectivity index (χ4v) is 2.24. The maximum absolute atomic E-state index is 11.0. The Morgan fingerprint density at radius 2 is 2.00 bits per heavy atom. The van der Waals surface area contributed by atoms with Crippen molar-refractivity contribution in [2.24, 2.45) is 5.41 Å². The van der Waals surface area contributed by atoms with Gasteiger partial charge in [0.05, 0.1) is 12.1 Å². The van der Waals surface area contributed by atoms with Crippen LogP contribution in [-0.4, -0.2) is 28.5 Å². The molecule has 0 aromatic heterocycles. The summed E-state index contributed by atoms with van der Waals surface area (Å²) in [7, 11) is 0. The number of hydrogen-bond donors (Lipinski definition) is 3. The van der Waals surface area contributed by atoms with E-state index in [4.69, 9.17) is 16.7 Å². The number of nitrogens with one attached hydrogen (secondary N) is 1. The second kappa shape index (κ2) is 5.80. The van der Waals surface area contributed by atoms with Crippen LogP contribution in [0.3, 0.4) is 0 Å². The fraction of sp³-hybridized carbons (Fsp3) is 0.500. The predicted molar refractivity (Wildman–Crippen MR) is 75.6 cm³/mol. The lowest BCUT2D eigenvalue weighted by Crippen LogP contribution is -2.60. The van der Waals surface area contributed by atoms with Gasteiger partial charge in [0.2, 0.25) is 0 Å². The molecule has 0 radical (unpaired) electrons. The molecule has 0 unspecified atom stereocenters. The number of benzene rings is 1. The summed E-state index contributed by atoms with van der Waals surface area (Å²) in [5, 5.41) is 21.8. The molecule has 1 aromatic rings. The number of aliphatic hydroxyl groups is 1. The zero-order chi connectivity index (χ0) is 14.7. The monoisotopic (exact) mass is 285 g/mol. The molecule has 0 aliphatic heterocycles. The van der Waals surface area contributed by atoms with E-state index in [2.05, 4.69) is 5.32 Å². The first-order chi connectivity index (χ1) is 8.70. The van der Waals surface area contributed by atoms with Crippen molar-refractivity contribution in [3.05, 3.63) is 34.9 Å². The summed E-state index contributed by atoms with van der Waals surface area (Å²) in [5.74, 6) is 0. The van der Waals surface area contributed by atoms with Crippen LogP contribution in [0.15, 0.2) is 24.3 Å². The zero-order valence-electron chi connectivity index (χ0n) is 11.4. The molecule has 0 heterocycles. The largest absolute Gasteiger partial charge is 0.465 e. The van der Waals surface area contributed by atoms with E-state index < -0.39 is 17.0 Å². The lowest BCUT2D eigenvalue weighted by Gasteiger charge is -2.43. The van der Waals surface area contributed by atoms with E-state index in [1.165, 1.54) is 0 Å². The summed E-state index contributed by atoms with van der Waals surface area (Å²) in [6.45, 7) is 5.40. The summed E-state index contributed by atoms with van der Waals surface area (Å²) in [5.41, 5.74) is -0.517. The Hall–Kier alpha value is -1.26. The number of amides is 1. The molecule has 1 amide bonds. The second-order valence-electron chi connectivity index (χ2n) is 5.73. The van der Waals surface area contributed by atoms with Crippen LogP contribution in [-0.2, 0) is 6.42 Å². The van der Waals surface area contributed by atoms with E-state index in [0.29, 0.717) is 11.4 Å². The number of halogens is 1. The maximum Gasteiger partial charge on any atom is 0.405 e. The SMILES string of the molecule is CC(C)(C)[C@](CO)(Cc1cccc(Cl)c1)NC(=O)O. The molecule has 5 heteroatoms. The predicted octanol–water partition coefficient (Wildman–Crippen LogP) is 2.93. The van der Waals surface area contributed by atoms with Gasteiger partial charge in [-0.1, -0.05) is 44.5 Å². The summed E-state index contributed by atoms with van der Waals surface area (Å²) >= 11 is 5.94. The molecule has 1 atom stereocenters. The van der Waals surface area contributed by atoms with Gasteiger partial charge in [0.25, 0.3) is 0 Å². The Morgan fingerprint density at radius 3 is 2.42 bits per heavy atom. The fourth-order valence-electron chi connectivity index (χ4n) is 2.03. The molecule has 19 heavy (non-hydrogen) atoms. The highest BCUT2D eigenvalue weighted by Gasteiger charge is 2.43. The molecular weight excluding hydrogens is 266 g/mol. The van der Waals surface area contributed by atoms with Gasteiger partial charge in [0.15, 0.2) is 0 Å². The summed E-state index contributed by atoms with van der Waals surface area (Å²) in [6.07, 6.45) is -0.772. The Kier molecular flexibility index (Phi) is 4.82. The van der Waals surface area contributed by atoms with Gasteiger partial charge >= 0.3 is 6.09 Å². The number of carboxylic acid groups (broad SMARTS) is 1. The first-order valence-electron chi connectivity index (χ1n) is 6.06. The summed E-state index contributed by atoms with van der Waals surface area (Å²) in [4.78, 5) is 11.0. The van der Waals surface area contributed by atoms with Gasteiger partial charge in [-0.25, -0.2) is 4.79 Å². The van der Waals surface area contributed by atoms with Gasteiger partial charge in [-0.3, -0.25) is 0 Å². The van der Waals surface area contributed by atoms with Crippen LogP contribution >= 0.6 is 11.6 Å². The van der Waals surface area contributed by atoms with Crippen molar-refractivity contribution >= 4 is 17.7 Å². The summed E-state index contributed by atoms with van der Waals surface area (Å²) in [6, 6.07) is 7.21. The number of rotatable bonds is 4. The van der Waals surface area contributed by atoms with Gasteiger partial charge in [0.1, 0.15) is 0 Å². The van der Waals surface area contributed by atoms with Crippen LogP contribution in [0.4, 0.5) is 4.79 Å². The molecule has 3 N–H and O–H groups in total. The summed E-state index contributed by atoms with van der Waals surface area (Å²) < 4.78 is 0. The molecule has 0 spiro atoms. The molecule has 1 rings (SSSR count). The quantitative estimate of drug-likeness (QED) is 0.797. The lowest BCUT2D eigenvalue weighted by molar-refractivity contribution is 0.0586. The third-order valence-corrected chi connectivity index (χ3v) is 3.68. The van der Waals surface area contributed by atoms with Gasteiger partial charge < -0.3 is 15.5 Å². The molecule has 4 nitrogen and oxygen atoms in total. The van der Waals surface area contributed by atoms with E-state index in [1.54, 1.807) is 12.1 Å². The van der Waals surface area contributed by atoms with Gasteiger partial charge in [0, 0.05) is 5.02 Å². The first kappa shape index (κ1) is 15.8. The molecule has 0 bridgehead atoms. The highest BCUT2D eigenvalue weighted by atomic mass is 35.5. The minimum absolute atomic E-state index is 0.282. The van der Waals surface area contributed by atoms with Crippen LogP contribution in [0.25, 0.3) is 0 Å². The van der Waals surface area contributed by atoms with Crippen molar-refractivity contribution in [3.63, 3.8) is 0 Å². The van der Waals surface area contributed by atoms with Crippen LogP contribution in [0, 0.1) is 5.41 Å². The molecule has 106 valence electrons. The van der Waals surface area contributed by atoms with Crippen molar-refractivity contribution in [1.82, 2.24) is 5.32 Å². The van der Waals surface area contributed by atoms with Crippen molar-refractivity contribution < 1.29 is 15.0 Å². The Balaban J connectivity index is 3.13. The molecular formula is C14H20ClNO3. The third kappa shape index (κ3) is 3.85. The van der Waals surface area contributed by atoms with Gasteiger partial charge in [-0.2, -0.15) is 0 Å². The molecule has 0 aliphatic carbocycles. The average Bonchev–Trinajstić information content (AvgIpc) is 2.25. The molecule has 0 aliphatic rings. The number of hydrogen-bond acceptors (Lipinski definition) is 2. The Morgan fingerprint density at radius 1 is 1.37 bits per heavy atom. The van der Waals surface area contributed by atoms with Crippen molar-refractivity contribution in [2.75, 3.05) is 6.61 Å². The van der Waals surface area contributed by atoms with Crippen LogP contribution < -0.4 is 5.32 Å². The van der Waals surface area contributed by atoms with E-state index in [-0.39, 0.29) is 6.61 Å². The third-order valence-electron chi connectivity index (χ3n) is 3.45. The molecule has 1 aromatic carbocycles. The topological polar surface area (TPSA) is 69.6 Å². The smallest absolute Gasteiger partial charge is 0.405 e. The molecule has 0 fully saturated rings. The van der Waals surface area contributed by atoms with E-state index >= 15 is 0 Å². The normalized spacial score (nSPS) is 14.8.